The number of carboxylic acid groups (broad SMARTS) is 1. The van der Waals surface area contributed by atoms with Crippen molar-refractivity contribution in [3.8, 4) is 0 Å². The molecule has 2 aromatic carbocycles. The molecule has 14 heteroatoms. The van der Waals surface area contributed by atoms with Crippen molar-refractivity contribution in [2.75, 3.05) is 6.61 Å². The Kier molecular flexibility index (Phi) is 12.4. The first-order valence-electron chi connectivity index (χ1n) is 12.8. The average Bonchev–Trinajstić information content (AvgIpc) is 3.63. The molecule has 0 atom stereocenters. The van der Waals surface area contributed by atoms with Crippen LogP contribution in [0.2, 0.25) is 10.0 Å². The van der Waals surface area contributed by atoms with Gasteiger partial charge in [0, 0.05) is 36.0 Å². The van der Waals surface area contributed by atoms with E-state index in [1.165, 1.54) is 12.4 Å². The fourth-order valence-electron chi connectivity index (χ4n) is 4.24. The second-order valence-electron chi connectivity index (χ2n) is 9.23. The number of hydrogen-bond acceptors (Lipinski definition) is 8. The second-order valence-corrected chi connectivity index (χ2v) is 10.1. The zero-order chi connectivity index (χ0) is 29.6. The molecule has 6 rings (SSSR count). The number of hydrogen-bond donors (Lipinski definition) is 3. The van der Waals surface area contributed by atoms with Crippen molar-refractivity contribution in [3.05, 3.63) is 118 Å². The van der Waals surface area contributed by atoms with E-state index < -0.39 is 11.9 Å². The monoisotopic (exact) mass is 642 g/mol. The molecule has 0 saturated carbocycles. The van der Waals surface area contributed by atoms with Gasteiger partial charge in [-0.2, -0.15) is 0 Å². The van der Waals surface area contributed by atoms with E-state index >= 15 is 0 Å². The molecule has 4 heterocycles. The van der Waals surface area contributed by atoms with Crippen LogP contribution in [0, 0.1) is 0 Å². The van der Waals surface area contributed by atoms with Gasteiger partial charge < -0.3 is 25.3 Å². The number of aromatic amines is 2. The molecule has 0 spiro atoms. The van der Waals surface area contributed by atoms with Crippen LogP contribution in [0.15, 0.2) is 73.3 Å². The van der Waals surface area contributed by atoms with E-state index in [0.717, 1.165) is 32.9 Å². The van der Waals surface area contributed by atoms with Crippen LogP contribution >= 0.6 is 23.2 Å². The Bertz CT molecular complexity index is 1910. The number of esters is 1. The molecule has 6 aromatic rings. The maximum Gasteiger partial charge on any atom is 1.00 e. The maximum absolute atomic E-state index is 11.6. The van der Waals surface area contributed by atoms with E-state index in [1.807, 2.05) is 48.5 Å². The van der Waals surface area contributed by atoms with E-state index in [9.17, 15) is 9.59 Å². The minimum absolute atomic E-state index is 0. The van der Waals surface area contributed by atoms with Crippen molar-refractivity contribution in [1.82, 2.24) is 29.9 Å². The van der Waals surface area contributed by atoms with Crippen molar-refractivity contribution in [2.45, 2.75) is 19.8 Å². The Morgan fingerprint density at radius 3 is 1.68 bits per heavy atom. The smallest absolute Gasteiger partial charge is 0.870 e. The molecule has 0 bridgehead atoms. The van der Waals surface area contributed by atoms with Crippen LogP contribution in [0.3, 0.4) is 0 Å². The predicted octanol–water partition coefficient (Wildman–Crippen LogP) is 3.11. The number of benzene rings is 2. The molecule has 44 heavy (non-hydrogen) atoms. The quantitative estimate of drug-likeness (QED) is 0.174. The van der Waals surface area contributed by atoms with E-state index in [0.29, 0.717) is 46.8 Å². The van der Waals surface area contributed by atoms with Crippen LogP contribution in [0.4, 0.5) is 0 Å². The van der Waals surface area contributed by atoms with Gasteiger partial charge in [0.1, 0.15) is 23.0 Å². The van der Waals surface area contributed by atoms with Crippen LogP contribution < -0.4 is 29.6 Å². The number of ether oxygens (including phenoxy) is 1. The minimum Gasteiger partial charge on any atom is -0.870 e. The standard InChI is InChI=1S/C16H14ClN3O2.C14H10ClN3O2.Na.H2O/c1-2-22-16(21)14-9-19-15(20-14)6-10-3-4-13-11(5-10)7-12(17)8-18-13;15-10-5-9-3-8(1-2-11(9)16-6-10)4-13-17-7-12(18-13)14(19)20;;/h3-5,7-9H,2,6H2,1H3,(H,19,20);1-3,5-7H,4H2,(H,17,18)(H,19,20);;1H2/q;;+1;/p-1. The van der Waals surface area contributed by atoms with Gasteiger partial charge >= 0.3 is 41.5 Å². The number of rotatable bonds is 7. The van der Waals surface area contributed by atoms with Crippen molar-refractivity contribution in [3.63, 3.8) is 0 Å². The summed E-state index contributed by atoms with van der Waals surface area (Å²) in [5.41, 5.74) is 4.27. The summed E-state index contributed by atoms with van der Waals surface area (Å²) >= 11 is 11.9. The maximum atomic E-state index is 11.6. The fourth-order valence-corrected chi connectivity index (χ4v) is 4.57. The second kappa shape index (κ2) is 15.8. The topological polar surface area (TPSA) is 177 Å². The molecule has 0 radical (unpaired) electrons. The molecular formula is C30H25Cl2N6NaO5. The average molecular weight is 643 g/mol. The molecule has 0 amide bonds. The molecule has 0 saturated heterocycles. The van der Waals surface area contributed by atoms with Crippen molar-refractivity contribution in [2.24, 2.45) is 0 Å². The van der Waals surface area contributed by atoms with Crippen LogP contribution in [0.25, 0.3) is 21.8 Å². The summed E-state index contributed by atoms with van der Waals surface area (Å²) in [6, 6.07) is 15.5. The SMILES string of the molecule is CCOC(=O)c1cnc(Cc2ccc3ncc(Cl)cc3c2)[nH]1.O=C(O)c1cnc(Cc2ccc3ncc(Cl)cc3c2)[nH]1.[Na+].[OH-]. The van der Waals surface area contributed by atoms with Crippen LogP contribution in [-0.2, 0) is 17.6 Å². The summed E-state index contributed by atoms with van der Waals surface area (Å²) in [5.74, 6) is -0.0943. The first kappa shape index (κ1) is 34.6. The van der Waals surface area contributed by atoms with Gasteiger partial charge in [0.15, 0.2) is 0 Å². The number of imidazole rings is 2. The number of halogens is 2. The Morgan fingerprint density at radius 1 is 0.750 bits per heavy atom. The molecule has 0 aliphatic carbocycles. The number of carboxylic acids is 1. The van der Waals surface area contributed by atoms with Gasteiger partial charge in [-0.05, 0) is 54.4 Å². The Hall–Kier alpha value is -3.84. The zero-order valence-electron chi connectivity index (χ0n) is 23.7. The molecule has 220 valence electrons. The number of pyridine rings is 2. The van der Waals surface area contributed by atoms with Gasteiger partial charge in [0.05, 0.1) is 40.1 Å². The third kappa shape index (κ3) is 8.85. The Morgan fingerprint density at radius 2 is 1.23 bits per heavy atom. The van der Waals surface area contributed by atoms with Crippen LogP contribution in [0.5, 0.6) is 0 Å². The van der Waals surface area contributed by atoms with Crippen molar-refractivity contribution < 1.29 is 54.5 Å². The van der Waals surface area contributed by atoms with Gasteiger partial charge in [-0.1, -0.05) is 35.3 Å². The molecule has 0 fully saturated rings. The number of aromatic nitrogens is 6. The van der Waals surface area contributed by atoms with Gasteiger partial charge in [-0.3, -0.25) is 9.97 Å². The van der Waals surface area contributed by atoms with E-state index in [1.54, 1.807) is 19.3 Å². The van der Waals surface area contributed by atoms with Crippen molar-refractivity contribution in [1.29, 1.82) is 0 Å². The Labute approximate surface area is 283 Å². The zero-order valence-corrected chi connectivity index (χ0v) is 27.2. The number of nitrogens with zero attached hydrogens (tertiary/aromatic N) is 4. The van der Waals surface area contributed by atoms with E-state index in [2.05, 4.69) is 29.9 Å². The van der Waals surface area contributed by atoms with Gasteiger partial charge in [0.2, 0.25) is 0 Å². The molecule has 4 N–H and O–H groups in total. The summed E-state index contributed by atoms with van der Waals surface area (Å²) in [5, 5.41) is 11.9. The van der Waals surface area contributed by atoms with E-state index in [-0.39, 0.29) is 40.7 Å². The minimum atomic E-state index is -1.02. The van der Waals surface area contributed by atoms with Gasteiger partial charge in [-0.15, -0.1) is 0 Å². The molecule has 11 nitrogen and oxygen atoms in total. The number of fused-ring (bicyclic) bond motifs is 2. The third-order valence-corrected chi connectivity index (χ3v) is 6.56. The number of carbonyl (C=O) groups excluding carboxylic acids is 1. The summed E-state index contributed by atoms with van der Waals surface area (Å²) < 4.78 is 4.93. The largest absolute Gasteiger partial charge is 1.00 e. The van der Waals surface area contributed by atoms with E-state index in [4.69, 9.17) is 33.0 Å². The Balaban J connectivity index is 0.000000231. The van der Waals surface area contributed by atoms with Crippen molar-refractivity contribution >= 4 is 56.9 Å². The molecule has 0 aliphatic heterocycles. The first-order valence-corrected chi connectivity index (χ1v) is 13.6. The number of H-pyrrole nitrogens is 2. The summed E-state index contributed by atoms with van der Waals surface area (Å²) in [6.45, 7) is 2.11. The third-order valence-electron chi connectivity index (χ3n) is 6.15. The van der Waals surface area contributed by atoms with Gasteiger partial charge in [-0.25, -0.2) is 19.6 Å². The summed E-state index contributed by atoms with van der Waals surface area (Å²) in [4.78, 5) is 44.9. The normalized spacial score (nSPS) is 10.3. The fraction of sp³-hybridized carbons (Fsp3) is 0.133. The number of carbonyl (C=O) groups is 2. The molecule has 4 aromatic heterocycles. The first-order chi connectivity index (χ1) is 20.3. The molecular weight excluding hydrogens is 618 g/mol. The number of aromatic carboxylic acids is 1. The van der Waals surface area contributed by atoms with Crippen LogP contribution in [0.1, 0.15) is 50.7 Å². The van der Waals surface area contributed by atoms with Gasteiger partial charge in [0.25, 0.3) is 0 Å². The summed E-state index contributed by atoms with van der Waals surface area (Å²) in [7, 11) is 0. The van der Waals surface area contributed by atoms with Crippen LogP contribution in [-0.4, -0.2) is 59.0 Å². The molecule has 0 aliphatic rings. The number of nitrogens with one attached hydrogen (secondary N) is 2. The predicted molar refractivity (Wildman–Crippen MR) is 161 cm³/mol. The molecule has 0 unspecified atom stereocenters. The summed E-state index contributed by atoms with van der Waals surface area (Å²) in [6.07, 6.45) is 7.15.